The minimum absolute atomic E-state index is 0.307. The minimum Gasteiger partial charge on any atom is -0.393 e. The summed E-state index contributed by atoms with van der Waals surface area (Å²) >= 11 is 0. The molecule has 2 aliphatic carbocycles. The van der Waals surface area contributed by atoms with Gasteiger partial charge in [0.1, 0.15) is 12.2 Å². The second kappa shape index (κ2) is 10.4. The smallest absolute Gasteiger partial charge is 0.393 e. The van der Waals surface area contributed by atoms with Gasteiger partial charge in [-0.05, 0) is 34.7 Å². The monoisotopic (exact) mass is 634 g/mol. The number of hydrogen-bond acceptors (Lipinski definition) is 2. The van der Waals surface area contributed by atoms with Gasteiger partial charge in [0.05, 0.1) is 16.5 Å². The number of hydrogen-bond donors (Lipinski definition) is 0. The van der Waals surface area contributed by atoms with E-state index in [0.717, 1.165) is 0 Å². The third kappa shape index (κ3) is 4.14. The molecule has 0 heterocycles. The van der Waals surface area contributed by atoms with Crippen LogP contribution in [0, 0.1) is 52.4 Å². The number of benzene rings is 4. The Kier molecular flexibility index (Phi) is 7.04. The molecule has 44 heavy (non-hydrogen) atoms. The summed E-state index contributed by atoms with van der Waals surface area (Å²) in [5.74, 6) is -26.0. The van der Waals surface area contributed by atoms with Gasteiger partial charge in [0.2, 0.25) is 0 Å². The Hall–Kier alpha value is -4.31. The van der Waals surface area contributed by atoms with Crippen molar-refractivity contribution < 1.29 is 66.4 Å². The fourth-order valence-electron chi connectivity index (χ4n) is 5.10. The summed E-state index contributed by atoms with van der Waals surface area (Å²) in [6.07, 6.45) is -5.05. The Balaban J connectivity index is 1.58. The summed E-state index contributed by atoms with van der Waals surface area (Å²) in [5.41, 5.74) is -5.71. The van der Waals surface area contributed by atoms with Crippen LogP contribution in [0.5, 0.6) is 0 Å². The Morgan fingerprint density at radius 1 is 0.455 bits per heavy atom. The Morgan fingerprint density at radius 2 is 0.886 bits per heavy atom. The van der Waals surface area contributed by atoms with Crippen molar-refractivity contribution >= 4 is 35.0 Å². The van der Waals surface area contributed by atoms with Crippen LogP contribution in [0.2, 0.25) is 0 Å². The molecule has 2 atom stereocenters. The van der Waals surface area contributed by atoms with Crippen LogP contribution >= 0.6 is 0 Å². The average Bonchev–Trinajstić information content (AvgIpc) is 3.37. The molecule has 16 heteroatoms. The van der Waals surface area contributed by atoms with E-state index >= 15 is 13.2 Å². The highest BCUT2D eigenvalue weighted by atomic mass is 19.2. The maximum atomic E-state index is 15.4. The van der Waals surface area contributed by atoms with Crippen LogP contribution in [0.3, 0.4) is 0 Å². The minimum atomic E-state index is -2.89. The van der Waals surface area contributed by atoms with Crippen LogP contribution in [0.4, 0.5) is 57.1 Å². The fraction of sp³-hybridized carbons (Fsp3) is 0.0714. The molecule has 0 bridgehead atoms. The molecule has 2 nitrogen and oxygen atoms in total. The van der Waals surface area contributed by atoms with E-state index < -0.39 is 133 Å². The third-order valence-corrected chi connectivity index (χ3v) is 7.12. The van der Waals surface area contributed by atoms with Gasteiger partial charge in [-0.3, -0.25) is 0 Å². The Morgan fingerprint density at radius 3 is 1.36 bits per heavy atom. The van der Waals surface area contributed by atoms with Gasteiger partial charge in [-0.2, -0.15) is 0 Å². The van der Waals surface area contributed by atoms with Crippen molar-refractivity contribution in [1.82, 2.24) is 0 Å². The van der Waals surface area contributed by atoms with Crippen LogP contribution in [0.1, 0.15) is 34.5 Å². The largest absolute Gasteiger partial charge is 0.499 e. The molecule has 0 fully saturated rings. The number of halogens is 13. The van der Waals surface area contributed by atoms with E-state index in [1.165, 1.54) is 0 Å². The molecule has 0 N–H and O–H groups in total. The van der Waals surface area contributed by atoms with Crippen LogP contribution in [-0.4, -0.2) is 7.12 Å². The first-order valence-corrected chi connectivity index (χ1v) is 12.1. The van der Waals surface area contributed by atoms with Gasteiger partial charge in [0.25, 0.3) is 0 Å². The zero-order valence-corrected chi connectivity index (χ0v) is 20.9. The molecular weight excluding hydrogens is 626 g/mol. The third-order valence-electron chi connectivity index (χ3n) is 7.12. The first kappa shape index (κ1) is 29.8. The average molecular weight is 634 g/mol. The van der Waals surface area contributed by atoms with Crippen molar-refractivity contribution in [2.24, 2.45) is 0 Å². The molecule has 226 valence electrons. The summed E-state index contributed by atoms with van der Waals surface area (Å²) in [4.78, 5) is 0. The van der Waals surface area contributed by atoms with E-state index in [9.17, 15) is 43.9 Å². The van der Waals surface area contributed by atoms with Crippen LogP contribution in [0.15, 0.2) is 48.1 Å². The van der Waals surface area contributed by atoms with E-state index in [1.54, 1.807) is 0 Å². The zero-order chi connectivity index (χ0) is 31.9. The van der Waals surface area contributed by atoms with Gasteiger partial charge in [-0.25, -0.2) is 57.1 Å². The molecule has 0 saturated carbocycles. The van der Waals surface area contributed by atoms with Crippen molar-refractivity contribution in [3.05, 3.63) is 123 Å². The summed E-state index contributed by atoms with van der Waals surface area (Å²) < 4.78 is 200. The quantitative estimate of drug-likeness (QED) is 0.125. The van der Waals surface area contributed by atoms with Crippen LogP contribution in [-0.2, 0) is 9.31 Å². The normalized spacial score (nSPS) is 17.7. The predicted molar refractivity (Wildman–Crippen MR) is 128 cm³/mol. The standard InChI is InChI=1S/C28H8BF13O2/c30-10-4-1-7-13(17(10)33)20(36)24(40)23(39)16(7)29(43-27-8-2-5-11(31)18(34)14(8)21(37)25(27)41)44-28-9-3-6-12(32)19(35)15(9)22(38)26(28)42/h1-6,27-28H. The summed E-state index contributed by atoms with van der Waals surface area (Å²) in [6, 6.07) is 2.81. The SMILES string of the molecule is FC1=C(F)C(OB(OC2C(F)=C(F)c3c2ccc(F)c3F)c2c(F)c(F)c(F)c3c(F)c(F)ccc23)c2ccc(F)c(F)c21. The molecule has 0 amide bonds. The number of rotatable bonds is 5. The summed E-state index contributed by atoms with van der Waals surface area (Å²) in [5, 5.41) is -2.63. The molecule has 4 aromatic rings. The van der Waals surface area contributed by atoms with Crippen molar-refractivity contribution in [3.63, 3.8) is 0 Å². The van der Waals surface area contributed by atoms with Crippen LogP contribution < -0.4 is 5.46 Å². The lowest BCUT2D eigenvalue weighted by Gasteiger charge is -2.25. The van der Waals surface area contributed by atoms with Crippen molar-refractivity contribution in [1.29, 1.82) is 0 Å². The van der Waals surface area contributed by atoms with Crippen molar-refractivity contribution in [2.75, 3.05) is 0 Å². The number of fused-ring (bicyclic) bond motifs is 3. The molecule has 0 aliphatic heterocycles. The second-order valence-corrected chi connectivity index (χ2v) is 9.48. The molecule has 4 aromatic carbocycles. The zero-order valence-electron chi connectivity index (χ0n) is 20.9. The maximum Gasteiger partial charge on any atom is 0.499 e. The van der Waals surface area contributed by atoms with Crippen molar-refractivity contribution in [2.45, 2.75) is 12.2 Å². The molecule has 6 rings (SSSR count). The Labute approximate surface area is 236 Å². The molecule has 0 saturated heterocycles. The van der Waals surface area contributed by atoms with Gasteiger partial charge in [0, 0.05) is 5.46 Å². The van der Waals surface area contributed by atoms with E-state index in [4.69, 9.17) is 9.31 Å². The Bertz CT molecular complexity index is 1900. The summed E-state index contributed by atoms with van der Waals surface area (Å²) in [6.45, 7) is 0. The van der Waals surface area contributed by atoms with E-state index in [2.05, 4.69) is 0 Å². The summed E-state index contributed by atoms with van der Waals surface area (Å²) in [7, 11) is -2.89. The van der Waals surface area contributed by atoms with Gasteiger partial charge >= 0.3 is 7.12 Å². The fourth-order valence-corrected chi connectivity index (χ4v) is 5.10. The van der Waals surface area contributed by atoms with E-state index in [0.29, 0.717) is 36.4 Å². The molecular formula is C28H8BF13O2. The molecule has 0 aromatic heterocycles. The van der Waals surface area contributed by atoms with Crippen LogP contribution in [0.25, 0.3) is 22.4 Å². The lowest BCUT2D eigenvalue weighted by atomic mass is 9.74. The van der Waals surface area contributed by atoms with Gasteiger partial charge in [0.15, 0.2) is 75.7 Å². The van der Waals surface area contributed by atoms with Crippen molar-refractivity contribution in [3.8, 4) is 0 Å². The maximum absolute atomic E-state index is 15.4. The first-order chi connectivity index (χ1) is 20.8. The van der Waals surface area contributed by atoms with Gasteiger partial charge in [-0.15, -0.1) is 0 Å². The topological polar surface area (TPSA) is 18.5 Å². The molecule has 2 unspecified atom stereocenters. The second-order valence-electron chi connectivity index (χ2n) is 9.48. The lowest BCUT2D eigenvalue weighted by Crippen LogP contribution is -2.42. The first-order valence-electron chi connectivity index (χ1n) is 12.1. The van der Waals surface area contributed by atoms with E-state index in [-0.39, 0.29) is 0 Å². The predicted octanol–water partition coefficient (Wildman–Crippen LogP) is 8.55. The van der Waals surface area contributed by atoms with Gasteiger partial charge < -0.3 is 9.31 Å². The van der Waals surface area contributed by atoms with E-state index in [1.807, 2.05) is 0 Å². The molecule has 2 aliphatic rings. The highest BCUT2D eigenvalue weighted by Crippen LogP contribution is 2.49. The highest BCUT2D eigenvalue weighted by Gasteiger charge is 2.46. The molecule has 0 radical (unpaired) electrons. The highest BCUT2D eigenvalue weighted by molar-refractivity contribution is 6.64. The lowest BCUT2D eigenvalue weighted by molar-refractivity contribution is 0.119. The molecule has 0 spiro atoms. The van der Waals surface area contributed by atoms with Gasteiger partial charge in [-0.1, -0.05) is 18.2 Å².